The van der Waals surface area contributed by atoms with E-state index in [-0.39, 0.29) is 22.6 Å². The van der Waals surface area contributed by atoms with Gasteiger partial charge in [-0.2, -0.15) is 0 Å². The lowest BCUT2D eigenvalue weighted by atomic mass is 9.54. The average molecular weight is 479 g/mol. The maximum absolute atomic E-state index is 13.7. The van der Waals surface area contributed by atoms with Gasteiger partial charge < -0.3 is 31.3 Å². The number of ketones is 2. The second-order valence-corrected chi connectivity index (χ2v) is 9.48. The summed E-state index contributed by atoms with van der Waals surface area (Å²) in [6.45, 7) is 1.34. The minimum absolute atomic E-state index is 0.0187. The molecule has 1 aromatic carbocycles. The highest BCUT2D eigenvalue weighted by molar-refractivity contribution is 6.32. The molecule has 4 rings (SSSR count). The largest absolute Gasteiger partial charge is 0.508 e. The van der Waals surface area contributed by atoms with Crippen LogP contribution in [0.2, 0.25) is 5.02 Å². The van der Waals surface area contributed by atoms with Crippen LogP contribution < -0.4 is 5.73 Å². The third kappa shape index (κ3) is 2.75. The summed E-state index contributed by atoms with van der Waals surface area (Å²) < 4.78 is 0. The molecule has 0 aromatic heterocycles. The number of nitrogens with two attached hydrogens (primary N) is 1. The molecule has 3 aliphatic rings. The minimum atomic E-state index is -2.78. The van der Waals surface area contributed by atoms with Gasteiger partial charge in [0.05, 0.1) is 17.2 Å². The monoisotopic (exact) mass is 478 g/mol. The van der Waals surface area contributed by atoms with Crippen molar-refractivity contribution in [2.24, 2.45) is 17.6 Å². The molecule has 7 N–H and O–H groups in total. The summed E-state index contributed by atoms with van der Waals surface area (Å²) in [5.41, 5.74) is -1.10. The van der Waals surface area contributed by atoms with Gasteiger partial charge in [0, 0.05) is 28.0 Å². The molecule has 33 heavy (non-hydrogen) atoms. The fraction of sp³-hybridized carbons (Fsp3) is 0.409. The lowest BCUT2D eigenvalue weighted by Crippen LogP contribution is -2.67. The van der Waals surface area contributed by atoms with E-state index in [9.17, 15) is 39.9 Å². The molecule has 0 aliphatic heterocycles. The highest BCUT2D eigenvalue weighted by atomic mass is 35.5. The quantitative estimate of drug-likeness (QED) is 0.325. The smallest absolute Gasteiger partial charge is 0.255 e. The third-order valence-electron chi connectivity index (χ3n) is 7.07. The molecule has 3 aliphatic carbocycles. The van der Waals surface area contributed by atoms with Crippen LogP contribution in [0.4, 0.5) is 0 Å². The van der Waals surface area contributed by atoms with Crippen molar-refractivity contribution in [3.8, 4) is 5.75 Å². The van der Waals surface area contributed by atoms with Gasteiger partial charge in [-0.1, -0.05) is 11.6 Å². The SMILES string of the molecule is CN(C)[C@H]1C(=O)C(C(N)=O)=C(O)[C@@]2(O)C(=O)C3=C(O)c4c(O)ccc(Cl)c4[C@@](C)(O)[C@@H]3C[C@H]12. The highest BCUT2D eigenvalue weighted by Gasteiger charge is 2.66. The second-order valence-electron chi connectivity index (χ2n) is 9.08. The fourth-order valence-corrected chi connectivity index (χ4v) is 5.93. The summed E-state index contributed by atoms with van der Waals surface area (Å²) in [5.74, 6) is -8.30. The van der Waals surface area contributed by atoms with E-state index >= 15 is 0 Å². The van der Waals surface area contributed by atoms with E-state index < -0.39 is 75.0 Å². The van der Waals surface area contributed by atoms with Gasteiger partial charge in [0.15, 0.2) is 11.4 Å². The van der Waals surface area contributed by atoms with Crippen molar-refractivity contribution in [2.45, 2.75) is 30.6 Å². The molecule has 5 atom stereocenters. The number of aromatic hydroxyl groups is 1. The molecule has 1 amide bonds. The zero-order chi connectivity index (χ0) is 24.8. The first kappa shape index (κ1) is 23.2. The number of hydrogen-bond donors (Lipinski definition) is 6. The van der Waals surface area contributed by atoms with Crippen LogP contribution in [0.5, 0.6) is 5.75 Å². The number of fused-ring (bicyclic) bond motifs is 3. The normalized spacial score (nSPS) is 33.7. The highest BCUT2D eigenvalue weighted by Crippen LogP contribution is 2.58. The van der Waals surface area contributed by atoms with Gasteiger partial charge in [0.25, 0.3) is 5.91 Å². The molecule has 0 saturated heterocycles. The fourth-order valence-electron chi connectivity index (χ4n) is 5.58. The van der Waals surface area contributed by atoms with Gasteiger partial charge in [0.2, 0.25) is 5.78 Å². The Morgan fingerprint density at radius 1 is 1.18 bits per heavy atom. The van der Waals surface area contributed by atoms with E-state index in [1.54, 1.807) is 0 Å². The van der Waals surface area contributed by atoms with Crippen molar-refractivity contribution in [3.05, 3.63) is 45.2 Å². The number of aliphatic hydroxyl groups is 4. The summed E-state index contributed by atoms with van der Waals surface area (Å²) in [6.07, 6.45) is -0.259. The van der Waals surface area contributed by atoms with Crippen LogP contribution in [0, 0.1) is 11.8 Å². The number of rotatable bonds is 2. The summed E-state index contributed by atoms with van der Waals surface area (Å²) in [5, 5.41) is 55.2. The number of likely N-dealkylation sites (N-methyl/N-ethyl adjacent to an activating group) is 1. The molecule has 0 unspecified atom stereocenters. The Morgan fingerprint density at radius 2 is 1.79 bits per heavy atom. The van der Waals surface area contributed by atoms with E-state index in [1.165, 1.54) is 38.1 Å². The van der Waals surface area contributed by atoms with Crippen molar-refractivity contribution in [3.63, 3.8) is 0 Å². The summed E-state index contributed by atoms with van der Waals surface area (Å²) in [7, 11) is 2.97. The molecule has 0 radical (unpaired) electrons. The molecule has 1 fully saturated rings. The summed E-state index contributed by atoms with van der Waals surface area (Å²) >= 11 is 6.28. The predicted molar refractivity (Wildman–Crippen MR) is 115 cm³/mol. The first-order valence-electron chi connectivity index (χ1n) is 10.1. The number of phenols is 1. The maximum atomic E-state index is 13.7. The number of primary amides is 1. The third-order valence-corrected chi connectivity index (χ3v) is 7.39. The Labute approximate surface area is 193 Å². The molecule has 1 saturated carbocycles. The van der Waals surface area contributed by atoms with Gasteiger partial charge >= 0.3 is 0 Å². The van der Waals surface area contributed by atoms with Crippen molar-refractivity contribution < 1.29 is 39.9 Å². The van der Waals surface area contributed by atoms with E-state index in [0.29, 0.717) is 0 Å². The number of carbonyl (C=O) groups excluding carboxylic acids is 3. The summed E-state index contributed by atoms with van der Waals surface area (Å²) in [4.78, 5) is 40.1. The van der Waals surface area contributed by atoms with Crippen molar-refractivity contribution in [1.29, 1.82) is 0 Å². The molecular formula is C22H23ClN2O8. The van der Waals surface area contributed by atoms with E-state index in [2.05, 4.69) is 0 Å². The van der Waals surface area contributed by atoms with Crippen molar-refractivity contribution in [1.82, 2.24) is 4.90 Å². The number of phenolic OH excluding ortho intramolecular Hbond substituents is 1. The zero-order valence-corrected chi connectivity index (χ0v) is 18.7. The topological polar surface area (TPSA) is 182 Å². The number of Topliss-reactive ketones (excluding diaryl/α,β-unsaturated/α-hetero) is 2. The van der Waals surface area contributed by atoms with Gasteiger partial charge in [-0.15, -0.1) is 0 Å². The van der Waals surface area contributed by atoms with Crippen LogP contribution in [0.25, 0.3) is 5.76 Å². The average Bonchev–Trinajstić information content (AvgIpc) is 2.69. The number of benzene rings is 1. The maximum Gasteiger partial charge on any atom is 0.255 e. The van der Waals surface area contributed by atoms with Crippen LogP contribution in [0.15, 0.2) is 29.0 Å². The molecule has 176 valence electrons. The summed E-state index contributed by atoms with van der Waals surface area (Å²) in [6, 6.07) is 1.24. The van der Waals surface area contributed by atoms with E-state index in [0.717, 1.165) is 0 Å². The lowest BCUT2D eigenvalue weighted by molar-refractivity contribution is -0.159. The first-order valence-corrected chi connectivity index (χ1v) is 10.5. The Balaban J connectivity index is 2.07. The van der Waals surface area contributed by atoms with Gasteiger partial charge in [0.1, 0.15) is 22.8 Å². The van der Waals surface area contributed by atoms with Gasteiger partial charge in [-0.25, -0.2) is 0 Å². The second kappa shape index (κ2) is 7.04. The van der Waals surface area contributed by atoms with Crippen LogP contribution in [0.3, 0.4) is 0 Å². The van der Waals surface area contributed by atoms with Gasteiger partial charge in [-0.3, -0.25) is 19.3 Å². The Morgan fingerprint density at radius 3 is 2.33 bits per heavy atom. The molecule has 0 bridgehead atoms. The molecule has 1 aromatic rings. The standard InChI is InChI=1S/C22H23ClN2O8/c1-21(32)7-6-8-15(25(2)3)17(28)13(20(24)31)19(30)22(8,33)18(29)11(7)16(27)12-10(26)5-4-9(23)14(12)21/h4-5,7-8,15,26-27,30,32-33H,6H2,1-3H3,(H2,24,31)/t7-,8-,15-,21+,22+/m1/s1. The molecular weight excluding hydrogens is 456 g/mol. The van der Waals surface area contributed by atoms with E-state index in [4.69, 9.17) is 17.3 Å². The zero-order valence-electron chi connectivity index (χ0n) is 18.0. The first-order chi connectivity index (χ1) is 15.2. The Hall–Kier alpha value is -2.92. The van der Waals surface area contributed by atoms with E-state index in [1.807, 2.05) is 0 Å². The molecule has 10 nitrogen and oxygen atoms in total. The van der Waals surface area contributed by atoms with Crippen LogP contribution in [0.1, 0.15) is 24.5 Å². The Bertz CT molecular complexity index is 1200. The Kier molecular flexibility index (Phi) is 4.96. The number of amides is 1. The molecule has 0 spiro atoms. The molecule has 0 heterocycles. The van der Waals surface area contributed by atoms with Crippen LogP contribution >= 0.6 is 11.6 Å². The number of hydrogen-bond acceptors (Lipinski definition) is 9. The lowest BCUT2D eigenvalue weighted by Gasteiger charge is -2.53. The number of carbonyl (C=O) groups is 3. The van der Waals surface area contributed by atoms with Crippen molar-refractivity contribution in [2.75, 3.05) is 14.1 Å². The number of nitrogens with zero attached hydrogens (tertiary/aromatic N) is 1. The number of halogens is 1. The predicted octanol–water partition coefficient (Wildman–Crippen LogP) is 0.282. The van der Waals surface area contributed by atoms with Crippen molar-refractivity contribution >= 4 is 34.8 Å². The number of aliphatic hydroxyl groups excluding tert-OH is 2. The van der Waals surface area contributed by atoms with Crippen LogP contribution in [-0.2, 0) is 20.0 Å². The molecule has 11 heteroatoms. The minimum Gasteiger partial charge on any atom is -0.508 e. The van der Waals surface area contributed by atoms with Crippen LogP contribution in [-0.4, -0.2) is 73.6 Å². The van der Waals surface area contributed by atoms with Gasteiger partial charge in [-0.05, 0) is 39.6 Å².